The van der Waals surface area contributed by atoms with E-state index in [9.17, 15) is 5.11 Å². The first kappa shape index (κ1) is 11.4. The second kappa shape index (κ2) is 3.72. The van der Waals surface area contributed by atoms with E-state index in [4.69, 9.17) is 9.47 Å². The van der Waals surface area contributed by atoms with E-state index >= 15 is 0 Å². The zero-order chi connectivity index (χ0) is 11.1. The molecular weight excluding hydrogens is 192 g/mol. The molecule has 1 heterocycles. The van der Waals surface area contributed by atoms with E-state index in [1.807, 2.05) is 0 Å². The number of aliphatic hydroxyl groups excluding tert-OH is 1. The SMILES string of the molecule is CC1OC2(CCCC(O)C2)OCC1(C)C. The highest BCUT2D eigenvalue weighted by atomic mass is 16.7. The van der Waals surface area contributed by atoms with Gasteiger partial charge >= 0.3 is 0 Å². The molecule has 1 aliphatic carbocycles. The quantitative estimate of drug-likeness (QED) is 0.671. The van der Waals surface area contributed by atoms with E-state index in [2.05, 4.69) is 20.8 Å². The molecule has 1 aliphatic heterocycles. The highest BCUT2D eigenvalue weighted by Crippen LogP contribution is 2.42. The maximum absolute atomic E-state index is 9.68. The molecule has 0 aromatic carbocycles. The second-order valence-electron chi connectivity index (χ2n) is 5.70. The van der Waals surface area contributed by atoms with Crippen LogP contribution in [0.2, 0.25) is 0 Å². The van der Waals surface area contributed by atoms with Crippen LogP contribution in [0, 0.1) is 5.41 Å². The molecule has 2 rings (SSSR count). The Kier molecular flexibility index (Phi) is 2.82. The van der Waals surface area contributed by atoms with E-state index < -0.39 is 5.79 Å². The van der Waals surface area contributed by atoms with Crippen LogP contribution in [0.5, 0.6) is 0 Å². The predicted molar refractivity (Wildman–Crippen MR) is 57.5 cm³/mol. The topological polar surface area (TPSA) is 38.7 Å². The van der Waals surface area contributed by atoms with Gasteiger partial charge in [0.2, 0.25) is 0 Å². The number of hydrogen-bond acceptors (Lipinski definition) is 3. The third kappa shape index (κ3) is 2.19. The molecule has 0 aromatic heterocycles. The van der Waals surface area contributed by atoms with Crippen molar-refractivity contribution < 1.29 is 14.6 Å². The second-order valence-corrected chi connectivity index (χ2v) is 5.70. The average molecular weight is 214 g/mol. The third-order valence-electron chi connectivity index (χ3n) is 3.84. The van der Waals surface area contributed by atoms with Gasteiger partial charge in [-0.1, -0.05) is 13.8 Å². The van der Waals surface area contributed by atoms with E-state index in [1.54, 1.807) is 0 Å². The molecule has 1 saturated carbocycles. The molecule has 0 radical (unpaired) electrons. The summed E-state index contributed by atoms with van der Waals surface area (Å²) in [5.41, 5.74) is 0.0770. The first-order chi connectivity index (χ1) is 6.94. The normalized spacial score (nSPS) is 45.6. The lowest BCUT2D eigenvalue weighted by atomic mass is 9.84. The summed E-state index contributed by atoms with van der Waals surface area (Å²) in [6.07, 6.45) is 3.36. The lowest BCUT2D eigenvalue weighted by molar-refractivity contribution is -0.341. The lowest BCUT2D eigenvalue weighted by Gasteiger charge is -2.49. The van der Waals surface area contributed by atoms with Crippen LogP contribution < -0.4 is 0 Å². The molecule has 2 aliphatic rings. The molecule has 3 nitrogen and oxygen atoms in total. The Morgan fingerprint density at radius 2 is 2.07 bits per heavy atom. The van der Waals surface area contributed by atoms with Gasteiger partial charge in [-0.25, -0.2) is 0 Å². The largest absolute Gasteiger partial charge is 0.393 e. The minimum absolute atomic E-state index is 0.0770. The molecule has 15 heavy (non-hydrogen) atoms. The summed E-state index contributed by atoms with van der Waals surface area (Å²) in [7, 11) is 0. The number of aliphatic hydroxyl groups is 1. The molecule has 1 N–H and O–H groups in total. The van der Waals surface area contributed by atoms with Gasteiger partial charge in [-0.3, -0.25) is 0 Å². The first-order valence-electron chi connectivity index (χ1n) is 5.93. The Balaban J connectivity index is 2.05. The molecule has 3 heteroatoms. The molecule has 1 spiro atoms. The molecule has 0 aromatic rings. The Hall–Kier alpha value is -0.120. The number of ether oxygens (including phenoxy) is 2. The minimum Gasteiger partial charge on any atom is -0.393 e. The van der Waals surface area contributed by atoms with Gasteiger partial charge in [0, 0.05) is 18.3 Å². The van der Waals surface area contributed by atoms with E-state index in [1.165, 1.54) is 0 Å². The summed E-state index contributed by atoms with van der Waals surface area (Å²) in [5, 5.41) is 9.68. The molecule has 1 saturated heterocycles. The maximum Gasteiger partial charge on any atom is 0.171 e. The predicted octanol–water partition coefficient (Wildman–Crippen LogP) is 2.08. The molecular formula is C12H22O3. The van der Waals surface area contributed by atoms with Crippen LogP contribution in [0.25, 0.3) is 0 Å². The summed E-state index contributed by atoms with van der Waals surface area (Å²) >= 11 is 0. The maximum atomic E-state index is 9.68. The van der Waals surface area contributed by atoms with E-state index in [0.29, 0.717) is 6.42 Å². The Bertz CT molecular complexity index is 239. The fraction of sp³-hybridized carbons (Fsp3) is 1.00. The number of rotatable bonds is 0. The van der Waals surface area contributed by atoms with Gasteiger partial charge in [0.05, 0.1) is 18.8 Å². The average Bonchev–Trinajstić information content (AvgIpc) is 2.13. The molecule has 3 unspecified atom stereocenters. The van der Waals surface area contributed by atoms with Crippen LogP contribution in [0.15, 0.2) is 0 Å². The van der Waals surface area contributed by atoms with Gasteiger partial charge in [0.1, 0.15) is 0 Å². The summed E-state index contributed by atoms with van der Waals surface area (Å²) in [4.78, 5) is 0. The third-order valence-corrected chi connectivity index (χ3v) is 3.84. The van der Waals surface area contributed by atoms with Crippen molar-refractivity contribution in [2.75, 3.05) is 6.61 Å². The Morgan fingerprint density at radius 1 is 1.33 bits per heavy atom. The van der Waals surface area contributed by atoms with Gasteiger partial charge in [-0.15, -0.1) is 0 Å². The summed E-state index contributed by atoms with van der Waals surface area (Å²) in [5.74, 6) is -0.493. The van der Waals surface area contributed by atoms with Crippen LogP contribution in [-0.4, -0.2) is 29.7 Å². The zero-order valence-corrected chi connectivity index (χ0v) is 9.95. The summed E-state index contributed by atoms with van der Waals surface area (Å²) < 4.78 is 11.9. The van der Waals surface area contributed by atoms with Crippen molar-refractivity contribution in [1.29, 1.82) is 0 Å². The van der Waals surface area contributed by atoms with Crippen molar-refractivity contribution >= 4 is 0 Å². The standard InChI is InChI=1S/C12H22O3/c1-9-11(2,3)8-14-12(15-9)6-4-5-10(13)7-12/h9-10,13H,4-8H2,1-3H3. The highest BCUT2D eigenvalue weighted by Gasteiger charge is 2.46. The number of hydrogen-bond donors (Lipinski definition) is 1. The fourth-order valence-electron chi connectivity index (χ4n) is 2.36. The Labute approximate surface area is 91.8 Å². The van der Waals surface area contributed by atoms with Crippen molar-refractivity contribution in [3.8, 4) is 0 Å². The zero-order valence-electron chi connectivity index (χ0n) is 9.95. The molecule has 3 atom stereocenters. The first-order valence-corrected chi connectivity index (χ1v) is 5.93. The Morgan fingerprint density at radius 3 is 2.67 bits per heavy atom. The van der Waals surface area contributed by atoms with Crippen LogP contribution >= 0.6 is 0 Å². The van der Waals surface area contributed by atoms with Gasteiger partial charge in [-0.05, 0) is 19.8 Å². The molecule has 2 fully saturated rings. The monoisotopic (exact) mass is 214 g/mol. The van der Waals surface area contributed by atoms with Crippen molar-refractivity contribution in [2.24, 2.45) is 5.41 Å². The molecule has 88 valence electrons. The van der Waals surface area contributed by atoms with Crippen LogP contribution in [0.1, 0.15) is 46.5 Å². The van der Waals surface area contributed by atoms with Crippen molar-refractivity contribution in [3.63, 3.8) is 0 Å². The fourth-order valence-corrected chi connectivity index (χ4v) is 2.36. The van der Waals surface area contributed by atoms with Crippen LogP contribution in [0.3, 0.4) is 0 Å². The summed E-state index contributed by atoms with van der Waals surface area (Å²) in [6.45, 7) is 7.14. The smallest absolute Gasteiger partial charge is 0.171 e. The highest BCUT2D eigenvalue weighted by molar-refractivity contribution is 4.89. The summed E-state index contributed by atoms with van der Waals surface area (Å²) in [6, 6.07) is 0. The van der Waals surface area contributed by atoms with E-state index in [0.717, 1.165) is 25.9 Å². The van der Waals surface area contributed by atoms with Crippen LogP contribution in [0.4, 0.5) is 0 Å². The van der Waals surface area contributed by atoms with E-state index in [-0.39, 0.29) is 17.6 Å². The minimum atomic E-state index is -0.493. The molecule has 0 amide bonds. The lowest BCUT2D eigenvalue weighted by Crippen LogP contribution is -2.54. The van der Waals surface area contributed by atoms with Gasteiger partial charge < -0.3 is 14.6 Å². The molecule has 0 bridgehead atoms. The van der Waals surface area contributed by atoms with Crippen molar-refractivity contribution in [2.45, 2.75) is 64.4 Å². The van der Waals surface area contributed by atoms with Crippen molar-refractivity contribution in [1.82, 2.24) is 0 Å². The van der Waals surface area contributed by atoms with Gasteiger partial charge in [-0.2, -0.15) is 0 Å². The van der Waals surface area contributed by atoms with Crippen LogP contribution in [-0.2, 0) is 9.47 Å². The van der Waals surface area contributed by atoms with Crippen molar-refractivity contribution in [3.05, 3.63) is 0 Å². The van der Waals surface area contributed by atoms with Gasteiger partial charge in [0.15, 0.2) is 5.79 Å². The van der Waals surface area contributed by atoms with Gasteiger partial charge in [0.25, 0.3) is 0 Å².